The first-order valence-electron chi connectivity index (χ1n) is 11.8. The number of halogens is 2. The molecule has 176 valence electrons. The van der Waals surface area contributed by atoms with E-state index in [2.05, 4.69) is 83.5 Å². The van der Waals surface area contributed by atoms with Gasteiger partial charge in [0.25, 0.3) is 0 Å². The highest BCUT2D eigenvalue weighted by molar-refractivity contribution is 9.10. The van der Waals surface area contributed by atoms with Crippen molar-refractivity contribution in [2.75, 3.05) is 5.01 Å². The topological polar surface area (TPSA) is 41.4 Å². The van der Waals surface area contributed by atoms with E-state index >= 15 is 0 Å². The average molecular weight is 554 g/mol. The third kappa shape index (κ3) is 4.41. The molecule has 0 saturated carbocycles. The molecule has 0 unspecified atom stereocenters. The Hall–Kier alpha value is -3.54. The van der Waals surface area contributed by atoms with Crippen LogP contribution in [0, 0.1) is 6.92 Å². The van der Waals surface area contributed by atoms with Crippen molar-refractivity contribution in [2.24, 2.45) is 5.10 Å². The van der Waals surface area contributed by atoms with Crippen LogP contribution in [-0.4, -0.2) is 15.7 Å². The molecule has 0 spiro atoms. The summed E-state index contributed by atoms with van der Waals surface area (Å²) < 4.78 is 1.04. The first-order valence-corrected chi connectivity index (χ1v) is 12.9. The highest BCUT2D eigenvalue weighted by Gasteiger charge is 2.32. The molecule has 5 aromatic rings. The SMILES string of the molecule is Cc1ccc(C2=NN(c3nc(-c4ccccc4)c4cc(Cl)ccc4n3)[C@H](c3ccc(Br)cc3)C2)cc1. The molecule has 0 bridgehead atoms. The lowest BCUT2D eigenvalue weighted by Crippen LogP contribution is -2.21. The number of aryl methyl sites for hydroxylation is 1. The van der Waals surface area contributed by atoms with Crippen LogP contribution >= 0.6 is 27.5 Å². The second-order valence-corrected chi connectivity index (χ2v) is 10.3. The molecule has 0 radical (unpaired) electrons. The number of fused-ring (bicyclic) bond motifs is 1. The van der Waals surface area contributed by atoms with Gasteiger partial charge in [-0.2, -0.15) is 5.10 Å². The molecular weight excluding hydrogens is 532 g/mol. The largest absolute Gasteiger partial charge is 0.247 e. The van der Waals surface area contributed by atoms with E-state index in [1.165, 1.54) is 5.56 Å². The minimum Gasteiger partial charge on any atom is -0.223 e. The summed E-state index contributed by atoms with van der Waals surface area (Å²) >= 11 is 9.93. The minimum atomic E-state index is -0.0252. The molecule has 0 N–H and O–H groups in total. The van der Waals surface area contributed by atoms with Crippen LogP contribution in [0.1, 0.15) is 29.2 Å². The van der Waals surface area contributed by atoms with Crippen molar-refractivity contribution in [2.45, 2.75) is 19.4 Å². The lowest BCUT2D eigenvalue weighted by atomic mass is 9.98. The molecule has 0 fully saturated rings. The minimum absolute atomic E-state index is 0.0252. The molecule has 0 amide bonds. The van der Waals surface area contributed by atoms with Gasteiger partial charge in [-0.15, -0.1) is 0 Å². The van der Waals surface area contributed by atoms with Gasteiger partial charge >= 0.3 is 0 Å². The number of nitrogens with zero attached hydrogens (tertiary/aromatic N) is 4. The van der Waals surface area contributed by atoms with E-state index in [1.807, 2.05) is 41.4 Å². The summed E-state index contributed by atoms with van der Waals surface area (Å²) in [5.41, 5.74) is 7.19. The van der Waals surface area contributed by atoms with E-state index in [-0.39, 0.29) is 6.04 Å². The van der Waals surface area contributed by atoms with Crippen molar-refractivity contribution in [1.29, 1.82) is 0 Å². The number of hydrogen-bond acceptors (Lipinski definition) is 4. The van der Waals surface area contributed by atoms with Gasteiger partial charge in [0, 0.05) is 26.9 Å². The van der Waals surface area contributed by atoms with Crippen molar-refractivity contribution in [3.8, 4) is 11.3 Å². The normalized spacial score (nSPS) is 15.4. The summed E-state index contributed by atoms with van der Waals surface area (Å²) in [5.74, 6) is 0.568. The van der Waals surface area contributed by atoms with E-state index < -0.39 is 0 Å². The summed E-state index contributed by atoms with van der Waals surface area (Å²) in [6.07, 6.45) is 0.757. The highest BCUT2D eigenvalue weighted by atomic mass is 79.9. The molecule has 0 aliphatic carbocycles. The third-order valence-corrected chi connectivity index (χ3v) is 7.21. The fourth-order valence-corrected chi connectivity index (χ4v) is 5.00. The van der Waals surface area contributed by atoms with E-state index in [0.717, 1.165) is 49.9 Å². The van der Waals surface area contributed by atoms with Gasteiger partial charge in [0.2, 0.25) is 5.95 Å². The molecule has 1 atom stereocenters. The second-order valence-electron chi connectivity index (χ2n) is 8.93. The molecule has 1 aliphatic heterocycles. The number of anilines is 1. The quantitative estimate of drug-likeness (QED) is 0.224. The van der Waals surface area contributed by atoms with Crippen molar-refractivity contribution in [1.82, 2.24) is 9.97 Å². The Morgan fingerprint density at radius 2 is 1.58 bits per heavy atom. The Labute approximate surface area is 223 Å². The summed E-state index contributed by atoms with van der Waals surface area (Å²) in [6, 6.07) is 32.8. The summed E-state index contributed by atoms with van der Waals surface area (Å²) in [6.45, 7) is 2.09. The zero-order valence-electron chi connectivity index (χ0n) is 19.6. The lowest BCUT2D eigenvalue weighted by molar-refractivity contribution is 0.689. The Morgan fingerprint density at radius 1 is 0.833 bits per heavy atom. The smallest absolute Gasteiger partial charge is 0.223 e. The second kappa shape index (κ2) is 9.49. The van der Waals surface area contributed by atoms with E-state index in [0.29, 0.717) is 11.0 Å². The van der Waals surface area contributed by atoms with Gasteiger partial charge in [-0.25, -0.2) is 15.0 Å². The lowest BCUT2D eigenvalue weighted by Gasteiger charge is -2.23. The molecule has 1 aromatic heterocycles. The number of benzene rings is 4. The van der Waals surface area contributed by atoms with Crippen LogP contribution in [0.2, 0.25) is 5.02 Å². The number of rotatable bonds is 4. The van der Waals surface area contributed by atoms with Gasteiger partial charge in [-0.1, -0.05) is 99.8 Å². The monoisotopic (exact) mass is 552 g/mol. The van der Waals surface area contributed by atoms with Gasteiger partial charge in [-0.05, 0) is 48.4 Å². The molecular formula is C30H22BrClN4. The number of aromatic nitrogens is 2. The Balaban J connectivity index is 1.53. The molecule has 2 heterocycles. The van der Waals surface area contributed by atoms with Crippen LogP contribution < -0.4 is 5.01 Å². The van der Waals surface area contributed by atoms with Crippen molar-refractivity contribution >= 4 is 50.1 Å². The molecule has 6 heteroatoms. The standard InChI is InChI=1S/C30H22BrClN4/c1-19-7-9-20(10-8-19)27-18-28(21-11-13-23(31)14-12-21)36(35-27)30-33-26-16-15-24(32)17-25(26)29(34-30)22-5-3-2-4-6-22/h2-17,28H,18H2,1H3/t28-/m0/s1. The van der Waals surface area contributed by atoms with Gasteiger partial charge in [0.05, 0.1) is 23.0 Å². The van der Waals surface area contributed by atoms with Gasteiger partial charge in [0.15, 0.2) is 0 Å². The van der Waals surface area contributed by atoms with Crippen molar-refractivity contribution < 1.29 is 0 Å². The van der Waals surface area contributed by atoms with Crippen LogP contribution in [0.4, 0.5) is 5.95 Å². The Morgan fingerprint density at radius 3 is 2.33 bits per heavy atom. The fraction of sp³-hybridized carbons (Fsp3) is 0.100. The number of hydrazone groups is 1. The van der Waals surface area contributed by atoms with Crippen LogP contribution in [0.5, 0.6) is 0 Å². The average Bonchev–Trinajstić information content (AvgIpc) is 3.35. The zero-order valence-corrected chi connectivity index (χ0v) is 21.9. The van der Waals surface area contributed by atoms with Gasteiger partial charge < -0.3 is 0 Å². The third-order valence-electron chi connectivity index (χ3n) is 6.45. The van der Waals surface area contributed by atoms with Crippen molar-refractivity contribution in [3.63, 3.8) is 0 Å². The maximum absolute atomic E-state index is 6.37. The summed E-state index contributed by atoms with van der Waals surface area (Å²) in [5, 5.41) is 8.63. The molecule has 6 rings (SSSR count). The molecule has 4 nitrogen and oxygen atoms in total. The van der Waals surface area contributed by atoms with E-state index in [4.69, 9.17) is 26.7 Å². The highest BCUT2D eigenvalue weighted by Crippen LogP contribution is 2.38. The van der Waals surface area contributed by atoms with Crippen LogP contribution in [0.3, 0.4) is 0 Å². The fourth-order valence-electron chi connectivity index (χ4n) is 4.57. The zero-order chi connectivity index (χ0) is 24.6. The maximum Gasteiger partial charge on any atom is 0.247 e. The molecule has 36 heavy (non-hydrogen) atoms. The van der Waals surface area contributed by atoms with Crippen LogP contribution in [0.15, 0.2) is 107 Å². The first kappa shape index (κ1) is 22.9. The van der Waals surface area contributed by atoms with Crippen LogP contribution in [0.25, 0.3) is 22.2 Å². The predicted octanol–water partition coefficient (Wildman–Crippen LogP) is 8.38. The molecule has 1 aliphatic rings. The Kier molecular flexibility index (Phi) is 6.04. The molecule has 4 aromatic carbocycles. The summed E-state index contributed by atoms with van der Waals surface area (Å²) in [4.78, 5) is 10.0. The molecule has 0 saturated heterocycles. The summed E-state index contributed by atoms with van der Waals surface area (Å²) in [7, 11) is 0. The Bertz CT molecular complexity index is 1580. The predicted molar refractivity (Wildman–Crippen MR) is 152 cm³/mol. The van der Waals surface area contributed by atoms with Crippen LogP contribution in [-0.2, 0) is 0 Å². The van der Waals surface area contributed by atoms with Crippen molar-refractivity contribution in [3.05, 3.63) is 123 Å². The van der Waals surface area contributed by atoms with E-state index in [1.54, 1.807) is 0 Å². The maximum atomic E-state index is 6.37. The number of hydrogen-bond donors (Lipinski definition) is 0. The first-order chi connectivity index (χ1) is 17.5. The van der Waals surface area contributed by atoms with Gasteiger partial charge in [-0.3, -0.25) is 0 Å². The van der Waals surface area contributed by atoms with E-state index in [9.17, 15) is 0 Å². The van der Waals surface area contributed by atoms with Gasteiger partial charge in [0.1, 0.15) is 0 Å².